The number of amides is 1. The van der Waals surface area contributed by atoms with E-state index in [1.807, 2.05) is 0 Å². The molecule has 1 saturated heterocycles. The van der Waals surface area contributed by atoms with Gasteiger partial charge in [-0.1, -0.05) is 0 Å². The lowest BCUT2D eigenvalue weighted by molar-refractivity contribution is 0.0996. The zero-order valence-corrected chi connectivity index (χ0v) is 10.4. The third-order valence-electron chi connectivity index (χ3n) is 2.04. The predicted molar refractivity (Wildman–Crippen MR) is 62.4 cm³/mol. The lowest BCUT2D eigenvalue weighted by Gasteiger charge is -2.34. The van der Waals surface area contributed by atoms with Gasteiger partial charge in [-0.3, -0.25) is 4.79 Å². The molecule has 0 aliphatic carbocycles. The van der Waals surface area contributed by atoms with Gasteiger partial charge in [-0.25, -0.2) is 0 Å². The van der Waals surface area contributed by atoms with Gasteiger partial charge in [0, 0.05) is 40.6 Å². The van der Waals surface area contributed by atoms with Crippen molar-refractivity contribution in [1.29, 1.82) is 0 Å². The Kier molecular flexibility index (Phi) is 3.84. The molecule has 0 aromatic heterocycles. The molecule has 1 atom stereocenters. The van der Waals surface area contributed by atoms with Crippen LogP contribution in [-0.2, 0) is 0 Å². The zero-order chi connectivity index (χ0) is 10.1. The van der Waals surface area contributed by atoms with E-state index >= 15 is 0 Å². The van der Waals surface area contributed by atoms with Gasteiger partial charge >= 0.3 is 0 Å². The quantitative estimate of drug-likeness (QED) is 0.670. The van der Waals surface area contributed by atoms with Crippen LogP contribution in [0.4, 0.5) is 4.79 Å². The Labute approximate surface area is 91.4 Å². The summed E-state index contributed by atoms with van der Waals surface area (Å²) in [5.41, 5.74) is 0. The van der Waals surface area contributed by atoms with Gasteiger partial charge in [0.2, 0.25) is 0 Å². The Balaban J connectivity index is 2.50. The van der Waals surface area contributed by atoms with E-state index in [4.69, 9.17) is 0 Å². The highest BCUT2D eigenvalue weighted by Gasteiger charge is 2.29. The molecule has 0 saturated carbocycles. The van der Waals surface area contributed by atoms with E-state index in [-0.39, 0.29) is 11.3 Å². The molecular weight excluding hydrogens is 305 g/mol. The Bertz CT molecular complexity index is 198. The fourth-order valence-electron chi connectivity index (χ4n) is 1.28. The van der Waals surface area contributed by atoms with Gasteiger partial charge in [-0.15, -0.1) is 0 Å². The number of hydrogen-bond acceptors (Lipinski definition) is 3. The summed E-state index contributed by atoms with van der Waals surface area (Å²) in [5.74, 6) is 0. The fourth-order valence-corrected chi connectivity index (χ4v) is 2.77. The topological polar surface area (TPSA) is 60.8 Å². The third-order valence-corrected chi connectivity index (χ3v) is 4.07. The molecule has 13 heavy (non-hydrogen) atoms. The highest BCUT2D eigenvalue weighted by molar-refractivity contribution is 14.2. The second kappa shape index (κ2) is 4.33. The summed E-state index contributed by atoms with van der Waals surface area (Å²) in [5, 5.41) is 9.04. The van der Waals surface area contributed by atoms with Crippen molar-refractivity contribution in [2.75, 3.05) is 19.3 Å². The number of piperidine rings is 1. The third kappa shape index (κ3) is 3.26. The summed E-state index contributed by atoms with van der Waals surface area (Å²) in [6.45, 7) is 1.12. The van der Waals surface area contributed by atoms with Crippen LogP contribution in [0.5, 0.6) is 0 Å². The smallest absolute Gasteiger partial charge is 0.295 e. The molecular formula is C7H14INO3S. The van der Waals surface area contributed by atoms with Crippen molar-refractivity contribution in [2.24, 2.45) is 0 Å². The molecule has 0 aromatic rings. The maximum absolute atomic E-state index is 11.6. The maximum atomic E-state index is 11.6. The minimum absolute atomic E-state index is 0.181. The van der Waals surface area contributed by atoms with Gasteiger partial charge in [0.05, 0.1) is 6.10 Å². The lowest BCUT2D eigenvalue weighted by Crippen LogP contribution is -2.40. The lowest BCUT2D eigenvalue weighted by atomic mass is 10.1. The number of aliphatic hydroxyl groups is 1. The standard InChI is InChI=1S/C7H14INO3S/c1-13(8,12)7(11)9-4-2-6(10)3-5-9/h6,10,12H,2-5H2,1H3. The van der Waals surface area contributed by atoms with Crippen LogP contribution >= 0.6 is 28.7 Å². The van der Waals surface area contributed by atoms with Gasteiger partial charge in [0.1, 0.15) is 0 Å². The van der Waals surface area contributed by atoms with Gasteiger partial charge in [0.15, 0.2) is 0 Å². The number of hydrogen-bond donors (Lipinski definition) is 2. The van der Waals surface area contributed by atoms with Crippen molar-refractivity contribution >= 4 is 33.9 Å². The summed E-state index contributed by atoms with van der Waals surface area (Å²) in [6, 6.07) is 0. The summed E-state index contributed by atoms with van der Waals surface area (Å²) < 4.78 is 9.52. The number of halogens is 1. The van der Waals surface area contributed by atoms with E-state index < -0.39 is 7.48 Å². The summed E-state index contributed by atoms with van der Waals surface area (Å²) in [6.07, 6.45) is 2.52. The average molecular weight is 319 g/mol. The van der Waals surface area contributed by atoms with Crippen LogP contribution in [0.25, 0.3) is 0 Å². The Morgan fingerprint density at radius 1 is 1.54 bits per heavy atom. The molecule has 4 nitrogen and oxygen atoms in total. The van der Waals surface area contributed by atoms with E-state index in [1.54, 1.807) is 32.4 Å². The number of aliphatic hydroxyl groups excluding tert-OH is 1. The first-order chi connectivity index (χ1) is 5.91. The molecule has 0 bridgehead atoms. The van der Waals surface area contributed by atoms with E-state index in [2.05, 4.69) is 0 Å². The second-order valence-electron chi connectivity index (χ2n) is 3.26. The molecule has 0 radical (unpaired) electrons. The molecule has 2 N–H and O–H groups in total. The largest absolute Gasteiger partial charge is 0.393 e. The number of nitrogens with zero attached hydrogens (tertiary/aromatic N) is 1. The maximum Gasteiger partial charge on any atom is 0.295 e. The van der Waals surface area contributed by atoms with Crippen LogP contribution in [0.15, 0.2) is 0 Å². The normalized spacial score (nSPS) is 26.6. The zero-order valence-electron chi connectivity index (χ0n) is 7.44. The van der Waals surface area contributed by atoms with Gasteiger partial charge in [-0.05, 0) is 20.3 Å². The summed E-state index contributed by atoms with van der Waals surface area (Å²) in [4.78, 5) is 13.2. The predicted octanol–water partition coefficient (Wildman–Crippen LogP) is 1.82. The minimum Gasteiger partial charge on any atom is -0.393 e. The molecule has 1 fully saturated rings. The van der Waals surface area contributed by atoms with Crippen molar-refractivity contribution in [2.45, 2.75) is 18.9 Å². The van der Waals surface area contributed by atoms with Crippen LogP contribution in [0.2, 0.25) is 0 Å². The van der Waals surface area contributed by atoms with Crippen molar-refractivity contribution in [1.82, 2.24) is 4.90 Å². The molecule has 1 heterocycles. The van der Waals surface area contributed by atoms with Crippen LogP contribution in [0.1, 0.15) is 12.8 Å². The molecule has 1 unspecified atom stereocenters. The van der Waals surface area contributed by atoms with Crippen molar-refractivity contribution in [3.05, 3.63) is 0 Å². The number of carbonyl (C=O) groups excluding carboxylic acids is 1. The van der Waals surface area contributed by atoms with Crippen molar-refractivity contribution < 1.29 is 14.5 Å². The van der Waals surface area contributed by atoms with Gasteiger partial charge in [-0.2, -0.15) is 0 Å². The Morgan fingerprint density at radius 3 is 2.38 bits per heavy atom. The molecule has 6 heteroatoms. The molecule has 78 valence electrons. The molecule has 1 aliphatic rings. The van der Waals surface area contributed by atoms with Crippen LogP contribution < -0.4 is 0 Å². The summed E-state index contributed by atoms with van der Waals surface area (Å²) >= 11 is 1.80. The Morgan fingerprint density at radius 2 is 2.00 bits per heavy atom. The Hall–Kier alpha value is 0.470. The van der Waals surface area contributed by atoms with Crippen molar-refractivity contribution in [3.8, 4) is 0 Å². The van der Waals surface area contributed by atoms with Gasteiger partial charge in [0.25, 0.3) is 5.24 Å². The molecule has 1 aliphatic heterocycles. The second-order valence-corrected chi connectivity index (χ2v) is 10.3. The fraction of sp³-hybridized carbons (Fsp3) is 0.857. The van der Waals surface area contributed by atoms with E-state index in [9.17, 15) is 14.5 Å². The number of carbonyl (C=O) groups is 1. The monoisotopic (exact) mass is 319 g/mol. The molecule has 0 aromatic carbocycles. The van der Waals surface area contributed by atoms with Crippen LogP contribution in [-0.4, -0.2) is 45.2 Å². The van der Waals surface area contributed by atoms with E-state index in [1.165, 1.54) is 0 Å². The minimum atomic E-state index is -2.14. The molecule has 1 amide bonds. The average Bonchev–Trinajstić information content (AvgIpc) is 2.03. The highest BCUT2D eigenvalue weighted by atomic mass is 127. The SMILES string of the molecule is CS(O)(I)C(=O)N1CCC(O)CC1. The van der Waals surface area contributed by atoms with Crippen molar-refractivity contribution in [3.63, 3.8) is 0 Å². The van der Waals surface area contributed by atoms with Crippen LogP contribution in [0.3, 0.4) is 0 Å². The first kappa shape index (κ1) is 11.5. The van der Waals surface area contributed by atoms with E-state index in [0.717, 1.165) is 0 Å². The summed E-state index contributed by atoms with van der Waals surface area (Å²) in [7, 11) is -2.14. The van der Waals surface area contributed by atoms with E-state index in [0.29, 0.717) is 25.9 Å². The molecule has 0 spiro atoms. The first-order valence-corrected chi connectivity index (χ1v) is 8.63. The first-order valence-electron chi connectivity index (χ1n) is 4.08. The number of likely N-dealkylation sites (tertiary alicyclic amines) is 1. The molecule has 1 rings (SSSR count). The highest BCUT2D eigenvalue weighted by Crippen LogP contribution is 2.50. The number of rotatable bonds is 0. The van der Waals surface area contributed by atoms with Gasteiger partial charge < -0.3 is 14.6 Å². The van der Waals surface area contributed by atoms with Crippen LogP contribution in [0, 0.1) is 0 Å².